The minimum absolute atomic E-state index is 0.488. The van der Waals surface area contributed by atoms with Crippen molar-refractivity contribution in [3.8, 4) is 6.07 Å². The first-order chi connectivity index (χ1) is 5.97. The molecule has 0 spiro atoms. The quantitative estimate of drug-likeness (QED) is 0.656. The molecule has 1 aromatic rings. The van der Waals surface area contributed by atoms with E-state index < -0.39 is 5.41 Å². The van der Waals surface area contributed by atoms with Crippen LogP contribution in [0.15, 0.2) is 12.1 Å². The van der Waals surface area contributed by atoms with Gasteiger partial charge in [-0.25, -0.2) is 0 Å². The highest BCUT2D eigenvalue weighted by molar-refractivity contribution is 5.28. The summed E-state index contributed by atoms with van der Waals surface area (Å²) in [4.78, 5) is 4.39. The molecule has 0 saturated carbocycles. The van der Waals surface area contributed by atoms with Gasteiger partial charge in [0.15, 0.2) is 0 Å². The number of rotatable bonds is 1. The summed E-state index contributed by atoms with van der Waals surface area (Å²) in [6.07, 6.45) is 0. The molecule has 0 N–H and O–H groups in total. The second kappa shape index (κ2) is 3.18. The van der Waals surface area contributed by atoms with Gasteiger partial charge in [0, 0.05) is 5.69 Å². The zero-order valence-electron chi connectivity index (χ0n) is 8.55. The molecular formula is C11H14N2. The monoisotopic (exact) mass is 174 g/mol. The number of nitrogens with zero attached hydrogens (tertiary/aromatic N) is 2. The molecule has 0 aliphatic rings. The molecule has 0 bridgehead atoms. The smallest absolute Gasteiger partial charge is 0.0937 e. The van der Waals surface area contributed by atoms with Crippen LogP contribution >= 0.6 is 0 Å². The van der Waals surface area contributed by atoms with Gasteiger partial charge in [-0.05, 0) is 39.3 Å². The third kappa shape index (κ3) is 1.86. The normalized spacial score (nSPS) is 11.0. The summed E-state index contributed by atoms with van der Waals surface area (Å²) in [6.45, 7) is 7.74. The lowest BCUT2D eigenvalue weighted by atomic mass is 9.90. The van der Waals surface area contributed by atoms with Gasteiger partial charge in [0.25, 0.3) is 0 Å². The average Bonchev–Trinajstić information content (AvgIpc) is 2.09. The van der Waals surface area contributed by atoms with Gasteiger partial charge in [-0.1, -0.05) is 6.07 Å². The number of aromatic nitrogens is 1. The molecule has 1 rings (SSSR count). The molecule has 0 amide bonds. The van der Waals surface area contributed by atoms with Crippen molar-refractivity contribution < 1.29 is 0 Å². The molecule has 0 aromatic carbocycles. The molecule has 2 nitrogen and oxygen atoms in total. The van der Waals surface area contributed by atoms with Gasteiger partial charge < -0.3 is 0 Å². The van der Waals surface area contributed by atoms with E-state index in [4.69, 9.17) is 5.26 Å². The molecule has 0 aliphatic heterocycles. The molecule has 2 heteroatoms. The van der Waals surface area contributed by atoms with Crippen LogP contribution in [-0.2, 0) is 5.41 Å². The SMILES string of the molecule is Cc1ccc(C(C)(C)C#N)nc1C. The largest absolute Gasteiger partial charge is 0.256 e. The molecule has 0 aliphatic carbocycles. The maximum absolute atomic E-state index is 8.92. The third-order valence-corrected chi connectivity index (χ3v) is 2.27. The van der Waals surface area contributed by atoms with E-state index >= 15 is 0 Å². The summed E-state index contributed by atoms with van der Waals surface area (Å²) in [5.41, 5.74) is 2.52. The lowest BCUT2D eigenvalue weighted by molar-refractivity contribution is 0.655. The van der Waals surface area contributed by atoms with Gasteiger partial charge in [-0.3, -0.25) is 4.98 Å². The Labute approximate surface area is 79.2 Å². The molecule has 0 fully saturated rings. The standard InChI is InChI=1S/C11H14N2/c1-8-5-6-10(13-9(8)2)11(3,4)7-12/h5-6H,1-4H3. The zero-order chi connectivity index (χ0) is 10.1. The highest BCUT2D eigenvalue weighted by atomic mass is 14.7. The van der Waals surface area contributed by atoms with E-state index in [1.807, 2.05) is 39.8 Å². The maximum atomic E-state index is 8.92. The Bertz CT molecular complexity index is 359. The van der Waals surface area contributed by atoms with Crippen LogP contribution < -0.4 is 0 Å². The van der Waals surface area contributed by atoms with E-state index in [0.717, 1.165) is 17.0 Å². The van der Waals surface area contributed by atoms with Crippen molar-refractivity contribution in [3.05, 3.63) is 29.1 Å². The fourth-order valence-corrected chi connectivity index (χ4v) is 1.04. The molecule has 1 heterocycles. The van der Waals surface area contributed by atoms with E-state index in [2.05, 4.69) is 11.1 Å². The number of hydrogen-bond donors (Lipinski definition) is 0. The van der Waals surface area contributed by atoms with Gasteiger partial charge in [-0.2, -0.15) is 5.26 Å². The van der Waals surface area contributed by atoms with Crippen molar-refractivity contribution in [2.75, 3.05) is 0 Å². The molecule has 0 atom stereocenters. The molecular weight excluding hydrogens is 160 g/mol. The van der Waals surface area contributed by atoms with Gasteiger partial charge >= 0.3 is 0 Å². The summed E-state index contributed by atoms with van der Waals surface area (Å²) < 4.78 is 0. The van der Waals surface area contributed by atoms with Crippen molar-refractivity contribution >= 4 is 0 Å². The second-order valence-electron chi connectivity index (χ2n) is 3.84. The molecule has 13 heavy (non-hydrogen) atoms. The van der Waals surface area contributed by atoms with Crippen LogP contribution in [0.5, 0.6) is 0 Å². The fraction of sp³-hybridized carbons (Fsp3) is 0.455. The van der Waals surface area contributed by atoms with E-state index in [-0.39, 0.29) is 0 Å². The second-order valence-corrected chi connectivity index (χ2v) is 3.84. The predicted molar refractivity (Wildman–Crippen MR) is 52.4 cm³/mol. The summed E-state index contributed by atoms with van der Waals surface area (Å²) >= 11 is 0. The minimum atomic E-state index is -0.488. The minimum Gasteiger partial charge on any atom is -0.256 e. The van der Waals surface area contributed by atoms with Gasteiger partial charge in [0.05, 0.1) is 17.2 Å². The molecule has 0 unspecified atom stereocenters. The van der Waals surface area contributed by atoms with Crippen LogP contribution in [0, 0.1) is 25.2 Å². The Morgan fingerprint density at radius 3 is 2.38 bits per heavy atom. The van der Waals surface area contributed by atoms with Crippen LogP contribution in [0.4, 0.5) is 0 Å². The van der Waals surface area contributed by atoms with E-state index in [9.17, 15) is 0 Å². The molecule has 0 radical (unpaired) electrons. The predicted octanol–water partition coefficient (Wildman–Crippen LogP) is 2.50. The van der Waals surface area contributed by atoms with Crippen molar-refractivity contribution in [1.29, 1.82) is 5.26 Å². The van der Waals surface area contributed by atoms with Crippen molar-refractivity contribution in [2.24, 2.45) is 0 Å². The van der Waals surface area contributed by atoms with Gasteiger partial charge in [-0.15, -0.1) is 0 Å². The van der Waals surface area contributed by atoms with Crippen LogP contribution in [0.3, 0.4) is 0 Å². The zero-order valence-corrected chi connectivity index (χ0v) is 8.55. The average molecular weight is 174 g/mol. The molecule has 68 valence electrons. The Balaban J connectivity index is 3.20. The number of pyridine rings is 1. The van der Waals surface area contributed by atoms with Gasteiger partial charge in [0.2, 0.25) is 0 Å². The molecule has 0 saturated heterocycles. The maximum Gasteiger partial charge on any atom is 0.0937 e. The van der Waals surface area contributed by atoms with Crippen LogP contribution in [0.1, 0.15) is 30.8 Å². The van der Waals surface area contributed by atoms with Crippen LogP contribution in [-0.4, -0.2) is 4.98 Å². The molecule has 1 aromatic heterocycles. The number of hydrogen-bond acceptors (Lipinski definition) is 2. The highest BCUT2D eigenvalue weighted by Gasteiger charge is 2.21. The van der Waals surface area contributed by atoms with E-state index in [1.165, 1.54) is 0 Å². The summed E-state index contributed by atoms with van der Waals surface area (Å²) in [5.74, 6) is 0. The number of nitriles is 1. The van der Waals surface area contributed by atoms with Crippen molar-refractivity contribution in [2.45, 2.75) is 33.1 Å². The topological polar surface area (TPSA) is 36.7 Å². The Hall–Kier alpha value is -1.36. The Morgan fingerprint density at radius 2 is 1.92 bits per heavy atom. The summed E-state index contributed by atoms with van der Waals surface area (Å²) in [6, 6.07) is 6.17. The van der Waals surface area contributed by atoms with Crippen molar-refractivity contribution in [3.63, 3.8) is 0 Å². The fourth-order valence-electron chi connectivity index (χ4n) is 1.04. The Kier molecular flexibility index (Phi) is 2.38. The first-order valence-corrected chi connectivity index (χ1v) is 4.33. The Morgan fingerprint density at radius 1 is 1.31 bits per heavy atom. The third-order valence-electron chi connectivity index (χ3n) is 2.27. The first-order valence-electron chi connectivity index (χ1n) is 4.33. The number of aryl methyl sites for hydroxylation is 2. The lowest BCUT2D eigenvalue weighted by Crippen LogP contribution is -2.16. The first kappa shape index (κ1) is 9.73. The van der Waals surface area contributed by atoms with E-state index in [0.29, 0.717) is 0 Å². The van der Waals surface area contributed by atoms with Crippen molar-refractivity contribution in [1.82, 2.24) is 4.98 Å². The van der Waals surface area contributed by atoms with Crippen LogP contribution in [0.25, 0.3) is 0 Å². The van der Waals surface area contributed by atoms with Gasteiger partial charge in [0.1, 0.15) is 0 Å². The van der Waals surface area contributed by atoms with E-state index in [1.54, 1.807) is 0 Å². The lowest BCUT2D eigenvalue weighted by Gasteiger charge is -2.15. The summed E-state index contributed by atoms with van der Waals surface area (Å²) in [7, 11) is 0. The summed E-state index contributed by atoms with van der Waals surface area (Å²) in [5, 5.41) is 8.92. The van der Waals surface area contributed by atoms with Crippen LogP contribution in [0.2, 0.25) is 0 Å². The highest BCUT2D eigenvalue weighted by Crippen LogP contribution is 2.20.